The fourth-order valence-electron chi connectivity index (χ4n) is 2.99. The molecule has 0 radical (unpaired) electrons. The maximum Gasteiger partial charge on any atom is 0.409 e. The van der Waals surface area contributed by atoms with Crippen LogP contribution in [0.15, 0.2) is 15.3 Å². The van der Waals surface area contributed by atoms with Crippen molar-refractivity contribution in [2.24, 2.45) is 0 Å². The van der Waals surface area contributed by atoms with Gasteiger partial charge in [0, 0.05) is 25.6 Å². The molecule has 130 valence electrons. The summed E-state index contributed by atoms with van der Waals surface area (Å²) in [5, 5.41) is 2.68. The van der Waals surface area contributed by atoms with E-state index in [0.29, 0.717) is 36.9 Å². The molecule has 1 aliphatic heterocycles. The van der Waals surface area contributed by atoms with E-state index >= 15 is 0 Å². The minimum atomic E-state index is -0.591. The molecule has 1 aromatic heterocycles. The van der Waals surface area contributed by atoms with Crippen LogP contribution < -0.4 is 10.9 Å². The Bertz CT molecular complexity index is 693. The Morgan fingerprint density at radius 2 is 2.12 bits per heavy atom. The third-order valence-corrected chi connectivity index (χ3v) is 4.63. The number of nitrogens with one attached hydrogen (secondary N) is 1. The summed E-state index contributed by atoms with van der Waals surface area (Å²) in [4.78, 5) is 37.5. The van der Waals surface area contributed by atoms with E-state index in [1.54, 1.807) is 17.9 Å². The van der Waals surface area contributed by atoms with Crippen LogP contribution in [0.25, 0.3) is 0 Å². The molecule has 0 unspecified atom stereocenters. The Morgan fingerprint density at radius 3 is 2.75 bits per heavy atom. The van der Waals surface area contributed by atoms with E-state index in [1.807, 2.05) is 0 Å². The lowest BCUT2D eigenvalue weighted by Crippen LogP contribution is -2.43. The number of hydrogen-bond donors (Lipinski definition) is 1. The first kappa shape index (κ1) is 16.5. The van der Waals surface area contributed by atoms with Crippen LogP contribution in [-0.4, -0.2) is 43.1 Å². The van der Waals surface area contributed by atoms with Crippen LogP contribution in [0.1, 0.15) is 53.3 Å². The van der Waals surface area contributed by atoms with E-state index in [9.17, 15) is 14.4 Å². The summed E-state index contributed by atoms with van der Waals surface area (Å²) in [5.74, 6) is 0.516. The Hall–Kier alpha value is -2.31. The molecule has 2 aliphatic rings. The molecule has 0 atom stereocenters. The van der Waals surface area contributed by atoms with Crippen molar-refractivity contribution < 1.29 is 18.7 Å². The number of hydrogen-bond acceptors (Lipinski definition) is 5. The van der Waals surface area contributed by atoms with Gasteiger partial charge in [-0.15, -0.1) is 0 Å². The van der Waals surface area contributed by atoms with Crippen LogP contribution in [0.4, 0.5) is 4.79 Å². The van der Waals surface area contributed by atoms with Gasteiger partial charge < -0.3 is 19.4 Å². The van der Waals surface area contributed by atoms with E-state index in [1.165, 1.54) is 0 Å². The third-order valence-electron chi connectivity index (χ3n) is 4.63. The average molecular weight is 334 g/mol. The average Bonchev–Trinajstić information content (AvgIpc) is 2.47. The second kappa shape index (κ2) is 7.07. The highest BCUT2D eigenvalue weighted by Crippen LogP contribution is 2.36. The minimum absolute atomic E-state index is 0.0410. The van der Waals surface area contributed by atoms with Crippen molar-refractivity contribution in [3.05, 3.63) is 33.4 Å². The van der Waals surface area contributed by atoms with E-state index in [2.05, 4.69) is 5.32 Å². The van der Waals surface area contributed by atoms with E-state index in [4.69, 9.17) is 9.15 Å². The molecule has 2 amide bonds. The standard InChI is InChI=1S/C17H22N2O5/c1-11-10-13(12-4-2-5-12)24-16(21)14(11)15(20)18-6-8-19-7-3-9-23-17(19)22/h10,12H,2-9H2,1H3,(H,18,20). The maximum atomic E-state index is 12.3. The molecular weight excluding hydrogens is 312 g/mol. The van der Waals surface area contributed by atoms with Gasteiger partial charge in [-0.2, -0.15) is 0 Å². The second-order valence-corrected chi connectivity index (χ2v) is 6.33. The molecule has 24 heavy (non-hydrogen) atoms. The number of ether oxygens (including phenoxy) is 1. The lowest BCUT2D eigenvalue weighted by molar-refractivity contribution is 0.0719. The molecule has 7 heteroatoms. The number of carbonyl (C=O) groups excluding carboxylic acids is 2. The van der Waals surface area contributed by atoms with Gasteiger partial charge in [-0.1, -0.05) is 6.42 Å². The summed E-state index contributed by atoms with van der Waals surface area (Å²) in [6, 6.07) is 1.79. The summed E-state index contributed by atoms with van der Waals surface area (Å²) in [5.41, 5.74) is 0.0779. The van der Waals surface area contributed by atoms with Gasteiger partial charge in [-0.05, 0) is 37.8 Å². The molecule has 3 rings (SSSR count). The van der Waals surface area contributed by atoms with E-state index in [-0.39, 0.29) is 18.2 Å². The van der Waals surface area contributed by atoms with Gasteiger partial charge in [-0.3, -0.25) is 4.79 Å². The highest BCUT2D eigenvalue weighted by atomic mass is 16.6. The van der Waals surface area contributed by atoms with Gasteiger partial charge in [-0.25, -0.2) is 9.59 Å². The first-order valence-electron chi connectivity index (χ1n) is 8.41. The van der Waals surface area contributed by atoms with Crippen LogP contribution in [0.3, 0.4) is 0 Å². The zero-order valence-corrected chi connectivity index (χ0v) is 13.8. The van der Waals surface area contributed by atoms with Crippen molar-refractivity contribution in [3.8, 4) is 0 Å². The van der Waals surface area contributed by atoms with Gasteiger partial charge in [0.15, 0.2) is 0 Å². The largest absolute Gasteiger partial charge is 0.449 e. The lowest BCUT2D eigenvalue weighted by atomic mass is 9.83. The monoisotopic (exact) mass is 334 g/mol. The quantitative estimate of drug-likeness (QED) is 0.887. The van der Waals surface area contributed by atoms with Crippen molar-refractivity contribution in [2.45, 2.75) is 38.5 Å². The molecular formula is C17H22N2O5. The Kier molecular flexibility index (Phi) is 4.87. The molecule has 1 saturated heterocycles. The number of nitrogens with zero attached hydrogens (tertiary/aromatic N) is 1. The van der Waals surface area contributed by atoms with Crippen LogP contribution in [0, 0.1) is 6.92 Å². The highest BCUT2D eigenvalue weighted by Gasteiger charge is 2.25. The molecule has 2 heterocycles. The zero-order chi connectivity index (χ0) is 17.1. The molecule has 7 nitrogen and oxygen atoms in total. The Balaban J connectivity index is 1.60. The van der Waals surface area contributed by atoms with Gasteiger partial charge in [0.25, 0.3) is 5.91 Å². The van der Waals surface area contributed by atoms with Crippen LogP contribution in [0.2, 0.25) is 0 Å². The predicted molar refractivity (Wildman–Crippen MR) is 86.2 cm³/mol. The molecule has 1 aliphatic carbocycles. The predicted octanol–water partition coefficient (Wildman–Crippen LogP) is 1.79. The first-order valence-corrected chi connectivity index (χ1v) is 8.41. The van der Waals surface area contributed by atoms with Crippen LogP contribution in [-0.2, 0) is 4.74 Å². The van der Waals surface area contributed by atoms with Gasteiger partial charge >= 0.3 is 11.7 Å². The van der Waals surface area contributed by atoms with Crippen LogP contribution >= 0.6 is 0 Å². The van der Waals surface area contributed by atoms with Gasteiger partial charge in [0.1, 0.15) is 11.3 Å². The maximum absolute atomic E-state index is 12.3. The van der Waals surface area contributed by atoms with Crippen molar-refractivity contribution in [1.82, 2.24) is 10.2 Å². The van der Waals surface area contributed by atoms with E-state index in [0.717, 1.165) is 25.7 Å². The Morgan fingerprint density at radius 1 is 1.33 bits per heavy atom. The number of aryl methyl sites for hydroxylation is 1. The van der Waals surface area contributed by atoms with Crippen molar-refractivity contribution >= 4 is 12.0 Å². The van der Waals surface area contributed by atoms with Crippen molar-refractivity contribution in [3.63, 3.8) is 0 Å². The van der Waals surface area contributed by atoms with Gasteiger partial charge in [0.2, 0.25) is 0 Å². The lowest BCUT2D eigenvalue weighted by Gasteiger charge is -2.26. The van der Waals surface area contributed by atoms with Crippen molar-refractivity contribution in [1.29, 1.82) is 0 Å². The molecule has 1 N–H and O–H groups in total. The zero-order valence-electron chi connectivity index (χ0n) is 13.8. The number of carbonyl (C=O) groups is 2. The molecule has 1 aromatic rings. The third kappa shape index (κ3) is 3.44. The molecule has 0 spiro atoms. The van der Waals surface area contributed by atoms with Crippen LogP contribution in [0.5, 0.6) is 0 Å². The normalized spacial score (nSPS) is 18.0. The van der Waals surface area contributed by atoms with Crippen molar-refractivity contribution in [2.75, 3.05) is 26.2 Å². The summed E-state index contributed by atoms with van der Waals surface area (Å²) in [6.45, 7) is 3.42. The molecule has 2 fully saturated rings. The fraction of sp³-hybridized carbons (Fsp3) is 0.588. The van der Waals surface area contributed by atoms with E-state index < -0.39 is 11.5 Å². The molecule has 1 saturated carbocycles. The second-order valence-electron chi connectivity index (χ2n) is 6.33. The summed E-state index contributed by atoms with van der Waals surface area (Å²) in [6.07, 6.45) is 3.62. The summed E-state index contributed by atoms with van der Waals surface area (Å²) >= 11 is 0. The molecule has 0 aromatic carbocycles. The SMILES string of the molecule is Cc1cc(C2CCC2)oc(=O)c1C(=O)NCCN1CCCOC1=O. The smallest absolute Gasteiger partial charge is 0.409 e. The summed E-state index contributed by atoms with van der Waals surface area (Å²) in [7, 11) is 0. The number of rotatable bonds is 5. The first-order chi connectivity index (χ1) is 11.6. The number of amides is 2. The summed E-state index contributed by atoms with van der Waals surface area (Å²) < 4.78 is 10.3. The number of cyclic esters (lactones) is 1. The van der Waals surface area contributed by atoms with Gasteiger partial charge in [0.05, 0.1) is 6.61 Å². The topological polar surface area (TPSA) is 88.8 Å². The minimum Gasteiger partial charge on any atom is -0.449 e. The highest BCUT2D eigenvalue weighted by molar-refractivity contribution is 5.95. The molecule has 0 bridgehead atoms. The fourth-order valence-corrected chi connectivity index (χ4v) is 2.99. The Labute approximate surface area is 140 Å².